The molecule has 0 fully saturated rings. The Hall–Kier alpha value is -1.94. The van der Waals surface area contributed by atoms with Gasteiger partial charge in [0.15, 0.2) is 0 Å². The zero-order chi connectivity index (χ0) is 12.4. The molecule has 18 heavy (non-hydrogen) atoms. The number of nitrogens with zero attached hydrogens (tertiary/aromatic N) is 2. The highest BCUT2D eigenvalue weighted by Crippen LogP contribution is 2.28. The van der Waals surface area contributed by atoms with E-state index in [4.69, 9.17) is 0 Å². The van der Waals surface area contributed by atoms with Crippen molar-refractivity contribution in [2.24, 2.45) is 0 Å². The van der Waals surface area contributed by atoms with Crippen molar-refractivity contribution in [3.05, 3.63) is 53.8 Å². The second-order valence-corrected chi connectivity index (χ2v) is 5.09. The van der Waals surface area contributed by atoms with E-state index in [1.165, 1.54) is 15.6 Å². The van der Waals surface area contributed by atoms with Gasteiger partial charge in [-0.25, -0.2) is 4.98 Å². The van der Waals surface area contributed by atoms with Gasteiger partial charge in [0, 0.05) is 28.7 Å². The van der Waals surface area contributed by atoms with Crippen LogP contribution in [0.1, 0.15) is 18.5 Å². The number of aromatic nitrogens is 2. The molecule has 3 rings (SSSR count). The fourth-order valence-corrected chi connectivity index (χ4v) is 2.73. The summed E-state index contributed by atoms with van der Waals surface area (Å²) in [6.07, 6.45) is 5.47. The van der Waals surface area contributed by atoms with E-state index in [2.05, 4.69) is 33.7 Å². The number of fused-ring (bicyclic) bond motifs is 1. The van der Waals surface area contributed by atoms with Gasteiger partial charge in [0.2, 0.25) is 0 Å². The van der Waals surface area contributed by atoms with Gasteiger partial charge in [-0.1, -0.05) is 0 Å². The third-order valence-corrected chi connectivity index (χ3v) is 3.82. The van der Waals surface area contributed by atoms with Crippen molar-refractivity contribution in [1.82, 2.24) is 9.97 Å². The maximum atomic E-state index is 4.42. The van der Waals surface area contributed by atoms with Crippen LogP contribution in [0, 0.1) is 0 Å². The molecule has 1 unspecified atom stereocenters. The van der Waals surface area contributed by atoms with Crippen LogP contribution in [0.5, 0.6) is 0 Å². The van der Waals surface area contributed by atoms with E-state index in [0.717, 1.165) is 5.82 Å². The van der Waals surface area contributed by atoms with Crippen LogP contribution in [-0.4, -0.2) is 9.97 Å². The summed E-state index contributed by atoms with van der Waals surface area (Å²) in [5.74, 6) is 0.943. The van der Waals surface area contributed by atoms with Gasteiger partial charge in [-0.3, -0.25) is 4.98 Å². The average Bonchev–Trinajstić information content (AvgIpc) is 2.89. The molecule has 4 heteroatoms. The minimum absolute atomic E-state index is 0.214. The molecule has 0 amide bonds. The Morgan fingerprint density at radius 2 is 1.94 bits per heavy atom. The first-order valence-corrected chi connectivity index (χ1v) is 6.71. The first kappa shape index (κ1) is 11.2. The molecule has 0 spiro atoms. The Labute approximate surface area is 110 Å². The number of nitrogens with one attached hydrogen (secondary N) is 1. The van der Waals surface area contributed by atoms with Gasteiger partial charge in [-0.2, -0.15) is 0 Å². The quantitative estimate of drug-likeness (QED) is 0.772. The monoisotopic (exact) mass is 255 g/mol. The van der Waals surface area contributed by atoms with E-state index in [1.807, 2.05) is 36.8 Å². The summed E-state index contributed by atoms with van der Waals surface area (Å²) in [5.41, 5.74) is 1.21. The van der Waals surface area contributed by atoms with Crippen LogP contribution in [0.3, 0.4) is 0 Å². The number of thiophene rings is 1. The molecule has 0 radical (unpaired) electrons. The summed E-state index contributed by atoms with van der Waals surface area (Å²) in [6.45, 7) is 2.13. The summed E-state index contributed by atoms with van der Waals surface area (Å²) in [6, 6.07) is 8.40. The Morgan fingerprint density at radius 3 is 2.78 bits per heavy atom. The van der Waals surface area contributed by atoms with Crippen LogP contribution in [0.15, 0.2) is 48.2 Å². The second-order valence-electron chi connectivity index (χ2n) is 4.14. The van der Waals surface area contributed by atoms with Gasteiger partial charge >= 0.3 is 0 Å². The number of hydrogen-bond donors (Lipinski definition) is 1. The molecule has 0 saturated carbocycles. The maximum Gasteiger partial charge on any atom is 0.135 e. The van der Waals surface area contributed by atoms with E-state index < -0.39 is 0 Å². The zero-order valence-electron chi connectivity index (χ0n) is 10.00. The van der Waals surface area contributed by atoms with Gasteiger partial charge in [0.1, 0.15) is 5.82 Å². The van der Waals surface area contributed by atoms with Gasteiger partial charge in [-0.05, 0) is 42.1 Å². The molecule has 0 aliphatic rings. The lowest BCUT2D eigenvalue weighted by atomic mass is 10.1. The first-order chi connectivity index (χ1) is 8.84. The molecule has 0 aliphatic heterocycles. The van der Waals surface area contributed by atoms with Gasteiger partial charge in [0.05, 0.1) is 6.04 Å². The van der Waals surface area contributed by atoms with Gasteiger partial charge in [-0.15, -0.1) is 11.3 Å². The van der Waals surface area contributed by atoms with Crippen LogP contribution < -0.4 is 5.32 Å². The van der Waals surface area contributed by atoms with Crippen LogP contribution in [0.2, 0.25) is 0 Å². The molecule has 3 aromatic heterocycles. The largest absolute Gasteiger partial charge is 0.363 e. The lowest BCUT2D eigenvalue weighted by molar-refractivity contribution is 0.874. The number of pyridine rings is 2. The summed E-state index contributed by atoms with van der Waals surface area (Å²) < 4.78 is 1.26. The molecule has 3 heterocycles. The topological polar surface area (TPSA) is 37.8 Å². The van der Waals surface area contributed by atoms with E-state index in [0.29, 0.717) is 0 Å². The molecule has 0 saturated heterocycles. The highest BCUT2D eigenvalue weighted by atomic mass is 32.1. The molecule has 3 nitrogen and oxygen atoms in total. The van der Waals surface area contributed by atoms with Crippen molar-refractivity contribution in [2.75, 3.05) is 5.32 Å². The summed E-state index contributed by atoms with van der Waals surface area (Å²) >= 11 is 1.73. The van der Waals surface area contributed by atoms with Crippen LogP contribution in [0.4, 0.5) is 5.82 Å². The smallest absolute Gasteiger partial charge is 0.135 e. The molecule has 3 aromatic rings. The highest BCUT2D eigenvalue weighted by Gasteiger charge is 2.08. The standard InChI is InChI=1S/C14H13N3S/c1-10(11-2-6-15-7-3-11)17-14-12-5-9-18-13(12)4-8-16-14/h2-10H,1H3,(H,16,17). The molecule has 1 N–H and O–H groups in total. The van der Waals surface area contributed by atoms with E-state index >= 15 is 0 Å². The molecule has 0 aromatic carbocycles. The summed E-state index contributed by atoms with van der Waals surface area (Å²) in [7, 11) is 0. The Balaban J connectivity index is 1.91. The molecule has 0 aliphatic carbocycles. The van der Waals surface area contributed by atoms with Crippen LogP contribution in [0.25, 0.3) is 10.1 Å². The van der Waals surface area contributed by atoms with Crippen molar-refractivity contribution >= 4 is 27.2 Å². The van der Waals surface area contributed by atoms with Crippen molar-refractivity contribution in [1.29, 1.82) is 0 Å². The van der Waals surface area contributed by atoms with E-state index in [-0.39, 0.29) is 6.04 Å². The normalized spacial score (nSPS) is 12.5. The fourth-order valence-electron chi connectivity index (χ4n) is 1.95. The summed E-state index contributed by atoms with van der Waals surface area (Å²) in [4.78, 5) is 8.46. The zero-order valence-corrected chi connectivity index (χ0v) is 10.8. The average molecular weight is 255 g/mol. The fraction of sp³-hybridized carbons (Fsp3) is 0.143. The first-order valence-electron chi connectivity index (χ1n) is 5.83. The Morgan fingerprint density at radius 1 is 1.11 bits per heavy atom. The van der Waals surface area contributed by atoms with E-state index in [9.17, 15) is 0 Å². The molecule has 90 valence electrons. The van der Waals surface area contributed by atoms with Crippen molar-refractivity contribution in [2.45, 2.75) is 13.0 Å². The van der Waals surface area contributed by atoms with Crippen LogP contribution >= 0.6 is 11.3 Å². The Kier molecular flexibility index (Phi) is 2.94. The van der Waals surface area contributed by atoms with Crippen molar-refractivity contribution in [3.63, 3.8) is 0 Å². The predicted molar refractivity (Wildman–Crippen MR) is 75.9 cm³/mol. The highest BCUT2D eigenvalue weighted by molar-refractivity contribution is 7.17. The lowest BCUT2D eigenvalue weighted by Gasteiger charge is -2.15. The summed E-state index contributed by atoms with van der Waals surface area (Å²) in [5, 5.41) is 6.73. The molecule has 1 atom stereocenters. The SMILES string of the molecule is CC(Nc1nccc2sccc12)c1ccncc1. The second kappa shape index (κ2) is 4.74. The predicted octanol–water partition coefficient (Wildman–Crippen LogP) is 3.86. The molecule has 0 bridgehead atoms. The van der Waals surface area contributed by atoms with Crippen LogP contribution in [-0.2, 0) is 0 Å². The number of hydrogen-bond acceptors (Lipinski definition) is 4. The van der Waals surface area contributed by atoms with Crippen molar-refractivity contribution in [3.8, 4) is 0 Å². The minimum atomic E-state index is 0.214. The minimum Gasteiger partial charge on any atom is -0.363 e. The van der Waals surface area contributed by atoms with Gasteiger partial charge in [0.25, 0.3) is 0 Å². The third-order valence-electron chi connectivity index (χ3n) is 2.94. The van der Waals surface area contributed by atoms with Gasteiger partial charge < -0.3 is 5.32 Å². The lowest BCUT2D eigenvalue weighted by Crippen LogP contribution is -2.07. The number of rotatable bonds is 3. The third kappa shape index (κ3) is 2.07. The maximum absolute atomic E-state index is 4.42. The molecular formula is C14H13N3S. The van der Waals surface area contributed by atoms with Crippen molar-refractivity contribution < 1.29 is 0 Å². The Bertz CT molecular complexity index is 648. The molecular weight excluding hydrogens is 242 g/mol. The van der Waals surface area contributed by atoms with E-state index in [1.54, 1.807) is 11.3 Å². The number of anilines is 1.